The number of halogens is 4. The molecule has 0 radical (unpaired) electrons. The van der Waals surface area contributed by atoms with Gasteiger partial charge in [0.2, 0.25) is 0 Å². The van der Waals surface area contributed by atoms with E-state index in [1.165, 1.54) is 51.1 Å². The number of rotatable bonds is 3. The van der Waals surface area contributed by atoms with Gasteiger partial charge in [0.25, 0.3) is 0 Å². The van der Waals surface area contributed by atoms with Crippen molar-refractivity contribution in [2.24, 2.45) is 4.99 Å². The molecule has 1 aliphatic heterocycles. The maximum atomic E-state index is 15.1. The molecule has 202 valence electrons. The van der Waals surface area contributed by atoms with E-state index in [-0.39, 0.29) is 23.4 Å². The van der Waals surface area contributed by atoms with Crippen molar-refractivity contribution in [2.45, 2.75) is 75.3 Å². The van der Waals surface area contributed by atoms with Crippen LogP contribution in [0.5, 0.6) is 0 Å². The van der Waals surface area contributed by atoms with Gasteiger partial charge in [0.15, 0.2) is 9.84 Å². The molecule has 1 unspecified atom stereocenters. The van der Waals surface area contributed by atoms with E-state index < -0.39 is 54.6 Å². The van der Waals surface area contributed by atoms with Gasteiger partial charge in [-0.15, -0.1) is 0 Å². The maximum Gasteiger partial charge on any atom is 0.416 e. The van der Waals surface area contributed by atoms with Crippen LogP contribution in [0.25, 0.3) is 0 Å². The number of amides is 1. The molecule has 11 heteroatoms. The number of hydrogen-bond donors (Lipinski definition) is 1. The van der Waals surface area contributed by atoms with Crippen LogP contribution in [0.3, 0.4) is 0 Å². The number of nitrogens with zero attached hydrogens (tertiary/aromatic N) is 1. The van der Waals surface area contributed by atoms with Crippen molar-refractivity contribution in [3.8, 4) is 0 Å². The Hall–Kier alpha value is -2.95. The molecule has 6 nitrogen and oxygen atoms in total. The molecule has 1 heterocycles. The van der Waals surface area contributed by atoms with Crippen molar-refractivity contribution in [1.29, 1.82) is 0 Å². The Labute approximate surface area is 214 Å². The van der Waals surface area contributed by atoms with E-state index >= 15 is 4.39 Å². The SMILES string of the molecule is CC(C)(C)OC(=O)NC1=N[C@](C)(c2ccccc2F)C(Cc2cccc(C(F)(F)F)c2)S(=O)(=O)C1(C)C. The summed E-state index contributed by atoms with van der Waals surface area (Å²) in [6, 6.07) is 9.79. The molecule has 0 saturated heterocycles. The number of carbonyl (C=O) groups is 1. The minimum atomic E-state index is -4.63. The lowest BCUT2D eigenvalue weighted by Crippen LogP contribution is -2.62. The summed E-state index contributed by atoms with van der Waals surface area (Å²) >= 11 is 0. The van der Waals surface area contributed by atoms with Crippen LogP contribution in [-0.4, -0.2) is 35.9 Å². The van der Waals surface area contributed by atoms with Crippen molar-refractivity contribution in [1.82, 2.24) is 5.32 Å². The second-order valence-electron chi connectivity index (χ2n) is 10.7. The molecule has 37 heavy (non-hydrogen) atoms. The normalized spacial score (nSPS) is 23.2. The standard InChI is InChI=1S/C26H30F4N2O4S/c1-23(2,3)36-22(33)31-21-24(4,5)37(34,35)20(15-16-10-9-11-17(14-16)26(28,29)30)25(6,32-21)18-12-7-8-13-19(18)27/h7-14,20H,15H2,1-6H3,(H,31,32,33)/t20?,25-/m1/s1. The second-order valence-corrected chi connectivity index (χ2v) is 13.3. The molecular weight excluding hydrogens is 512 g/mol. The minimum absolute atomic E-state index is 0.0745. The summed E-state index contributed by atoms with van der Waals surface area (Å²) in [5.41, 5.74) is -3.59. The molecular formula is C26H30F4N2O4S. The summed E-state index contributed by atoms with van der Waals surface area (Å²) in [6.45, 7) is 8.95. The van der Waals surface area contributed by atoms with Gasteiger partial charge < -0.3 is 4.74 Å². The van der Waals surface area contributed by atoms with Crippen LogP contribution in [0.15, 0.2) is 53.5 Å². The lowest BCUT2D eigenvalue weighted by atomic mass is 9.84. The quantitative estimate of drug-likeness (QED) is 0.497. The number of sulfone groups is 1. The Morgan fingerprint density at radius 2 is 1.68 bits per heavy atom. The molecule has 0 fully saturated rings. The Bertz CT molecular complexity index is 1330. The van der Waals surface area contributed by atoms with Crippen LogP contribution < -0.4 is 5.32 Å². The number of carbonyl (C=O) groups excluding carboxylic acids is 1. The molecule has 0 saturated carbocycles. The molecule has 0 spiro atoms. The molecule has 0 aromatic heterocycles. The van der Waals surface area contributed by atoms with Crippen LogP contribution in [0.4, 0.5) is 22.4 Å². The van der Waals surface area contributed by atoms with Gasteiger partial charge in [-0.3, -0.25) is 10.3 Å². The van der Waals surface area contributed by atoms with Gasteiger partial charge in [0, 0.05) is 5.56 Å². The minimum Gasteiger partial charge on any atom is -0.444 e. The largest absolute Gasteiger partial charge is 0.444 e. The third-order valence-corrected chi connectivity index (χ3v) is 9.33. The first kappa shape index (κ1) is 28.6. The summed E-state index contributed by atoms with van der Waals surface area (Å²) in [7, 11) is -4.31. The zero-order chi connectivity index (χ0) is 28.0. The molecule has 1 N–H and O–H groups in total. The van der Waals surface area contributed by atoms with Gasteiger partial charge in [-0.25, -0.2) is 17.6 Å². The van der Waals surface area contributed by atoms with Crippen molar-refractivity contribution in [2.75, 3.05) is 0 Å². The first-order chi connectivity index (χ1) is 16.8. The number of amidine groups is 1. The summed E-state index contributed by atoms with van der Waals surface area (Å²) in [6.07, 6.45) is -5.94. The van der Waals surface area contributed by atoms with E-state index in [1.807, 2.05) is 0 Å². The number of ether oxygens (including phenoxy) is 1. The van der Waals surface area contributed by atoms with Crippen molar-refractivity contribution >= 4 is 21.8 Å². The molecule has 0 aliphatic carbocycles. The van der Waals surface area contributed by atoms with Crippen molar-refractivity contribution < 1.29 is 35.5 Å². The number of benzene rings is 2. The molecule has 1 amide bonds. The van der Waals surface area contributed by atoms with Crippen LogP contribution in [0.1, 0.15) is 58.2 Å². The highest BCUT2D eigenvalue weighted by Crippen LogP contribution is 2.45. The van der Waals surface area contributed by atoms with Crippen LogP contribution >= 0.6 is 0 Å². The first-order valence-corrected chi connectivity index (χ1v) is 13.1. The molecule has 3 rings (SSSR count). The van der Waals surface area contributed by atoms with Gasteiger partial charge in [0.05, 0.1) is 10.8 Å². The number of alkyl halides is 3. The zero-order valence-corrected chi connectivity index (χ0v) is 22.2. The third-order valence-electron chi connectivity index (χ3n) is 6.34. The van der Waals surface area contributed by atoms with Crippen LogP contribution in [0.2, 0.25) is 0 Å². The fraction of sp³-hybridized carbons (Fsp3) is 0.462. The van der Waals surface area contributed by atoms with E-state index in [9.17, 15) is 26.4 Å². The Kier molecular flexibility index (Phi) is 7.28. The van der Waals surface area contributed by atoms with E-state index in [0.29, 0.717) is 0 Å². The second kappa shape index (κ2) is 9.41. The summed E-state index contributed by atoms with van der Waals surface area (Å²) in [4.78, 5) is 17.1. The molecule has 2 aromatic rings. The first-order valence-electron chi connectivity index (χ1n) is 11.5. The average Bonchev–Trinajstić information content (AvgIpc) is 2.74. The average molecular weight is 543 g/mol. The summed E-state index contributed by atoms with van der Waals surface area (Å²) in [5.74, 6) is -0.998. The third kappa shape index (κ3) is 5.66. The molecule has 0 bridgehead atoms. The predicted molar refractivity (Wildman–Crippen MR) is 132 cm³/mol. The fourth-order valence-electron chi connectivity index (χ4n) is 4.31. The van der Waals surface area contributed by atoms with E-state index in [4.69, 9.17) is 4.74 Å². The Morgan fingerprint density at radius 1 is 1.05 bits per heavy atom. The number of hydrogen-bond acceptors (Lipinski definition) is 5. The molecule has 2 atom stereocenters. The van der Waals surface area contributed by atoms with Gasteiger partial charge in [-0.2, -0.15) is 13.2 Å². The molecule has 2 aromatic carbocycles. The van der Waals surface area contributed by atoms with Crippen molar-refractivity contribution in [3.05, 3.63) is 71.0 Å². The van der Waals surface area contributed by atoms with Gasteiger partial charge in [0.1, 0.15) is 27.5 Å². The molecule has 1 aliphatic rings. The predicted octanol–water partition coefficient (Wildman–Crippen LogP) is 5.80. The Morgan fingerprint density at radius 3 is 2.24 bits per heavy atom. The highest BCUT2D eigenvalue weighted by Gasteiger charge is 2.58. The summed E-state index contributed by atoms with van der Waals surface area (Å²) < 4.78 is 86.7. The monoisotopic (exact) mass is 542 g/mol. The van der Waals surface area contributed by atoms with Gasteiger partial charge in [-0.05, 0) is 65.7 Å². The highest BCUT2D eigenvalue weighted by atomic mass is 32.2. The van der Waals surface area contributed by atoms with E-state index in [0.717, 1.165) is 18.2 Å². The number of aliphatic imine (C=N–C) groups is 1. The summed E-state index contributed by atoms with van der Waals surface area (Å²) in [5, 5.41) is 0.959. The van der Waals surface area contributed by atoms with E-state index in [2.05, 4.69) is 10.3 Å². The smallest absolute Gasteiger partial charge is 0.416 e. The maximum absolute atomic E-state index is 15.1. The lowest BCUT2D eigenvalue weighted by molar-refractivity contribution is -0.137. The van der Waals surface area contributed by atoms with Gasteiger partial charge in [-0.1, -0.05) is 36.4 Å². The number of nitrogens with one attached hydrogen (secondary N) is 1. The number of alkyl carbamates (subject to hydrolysis) is 1. The van der Waals surface area contributed by atoms with E-state index in [1.54, 1.807) is 20.8 Å². The zero-order valence-electron chi connectivity index (χ0n) is 21.4. The topological polar surface area (TPSA) is 84.8 Å². The van der Waals surface area contributed by atoms with Crippen LogP contribution in [0, 0.1) is 5.82 Å². The Balaban J connectivity index is 2.22. The highest BCUT2D eigenvalue weighted by molar-refractivity contribution is 7.94. The van der Waals surface area contributed by atoms with Gasteiger partial charge >= 0.3 is 12.3 Å². The fourth-order valence-corrected chi connectivity index (χ4v) is 6.59. The van der Waals surface area contributed by atoms with Crippen molar-refractivity contribution in [3.63, 3.8) is 0 Å². The van der Waals surface area contributed by atoms with Crippen LogP contribution in [-0.2, 0) is 32.7 Å². The lowest BCUT2D eigenvalue weighted by Gasteiger charge is -2.45.